The predicted molar refractivity (Wildman–Crippen MR) is 106 cm³/mol. The summed E-state index contributed by atoms with van der Waals surface area (Å²) in [7, 11) is 0. The molecule has 2 heterocycles. The van der Waals surface area contributed by atoms with Crippen molar-refractivity contribution >= 4 is 28.5 Å². The minimum Gasteiger partial charge on any atom is -0.490 e. The minimum absolute atomic E-state index is 0.173. The van der Waals surface area contributed by atoms with Gasteiger partial charge in [-0.2, -0.15) is 0 Å². The number of amides is 1. The van der Waals surface area contributed by atoms with Crippen LogP contribution in [0.25, 0.3) is 5.70 Å². The third kappa shape index (κ3) is 3.21. The molecule has 1 amide bonds. The number of hydrogen-bond donors (Lipinski definition) is 1. The fourth-order valence-corrected chi connectivity index (χ4v) is 3.39. The summed E-state index contributed by atoms with van der Waals surface area (Å²) < 4.78 is 5.55. The third-order valence-corrected chi connectivity index (χ3v) is 4.83. The van der Waals surface area contributed by atoms with Gasteiger partial charge in [-0.15, -0.1) is 5.10 Å². The van der Waals surface area contributed by atoms with E-state index in [1.165, 1.54) is 11.8 Å². The van der Waals surface area contributed by atoms with E-state index in [-0.39, 0.29) is 5.91 Å². The first-order valence-electron chi connectivity index (χ1n) is 8.45. The van der Waals surface area contributed by atoms with Crippen molar-refractivity contribution in [3.05, 3.63) is 77.3 Å². The molecule has 6 nitrogen and oxygen atoms in total. The highest BCUT2D eigenvalue weighted by molar-refractivity contribution is 8.13. The van der Waals surface area contributed by atoms with Gasteiger partial charge in [-0.25, -0.2) is 5.01 Å². The molecule has 0 spiro atoms. The van der Waals surface area contributed by atoms with Crippen LogP contribution in [-0.2, 0) is 4.79 Å². The van der Waals surface area contributed by atoms with Gasteiger partial charge < -0.3 is 4.74 Å². The average Bonchev–Trinajstić information content (AvgIpc) is 2.71. The Hall–Kier alpha value is -3.06. The number of hydrogen-bond acceptors (Lipinski definition) is 6. The normalized spacial score (nSPS) is 17.9. The molecule has 27 heavy (non-hydrogen) atoms. The van der Waals surface area contributed by atoms with Crippen LogP contribution in [0.2, 0.25) is 0 Å². The summed E-state index contributed by atoms with van der Waals surface area (Å²) in [5.41, 5.74) is 1.43. The zero-order valence-electron chi connectivity index (χ0n) is 14.8. The topological polar surface area (TPSA) is 66.3 Å². The molecular weight excluding hydrogens is 360 g/mol. The highest BCUT2D eigenvalue weighted by atomic mass is 32.2. The maximum Gasteiger partial charge on any atom is 0.276 e. The van der Waals surface area contributed by atoms with Crippen molar-refractivity contribution in [1.29, 1.82) is 0 Å². The third-order valence-electron chi connectivity index (χ3n) is 4.25. The Labute approximate surface area is 160 Å². The highest BCUT2D eigenvalue weighted by Crippen LogP contribution is 2.31. The SMILES string of the molecule is C=CCOc1ccc([C@@H]2N=c3ccccc3=C3C(=O)NC(SC)=NN32)cc1. The van der Waals surface area contributed by atoms with Crippen LogP contribution >= 0.6 is 11.8 Å². The molecule has 2 aromatic rings. The van der Waals surface area contributed by atoms with E-state index in [4.69, 9.17) is 9.73 Å². The van der Waals surface area contributed by atoms with Crippen molar-refractivity contribution in [3.63, 3.8) is 0 Å². The molecular formula is C20H18N4O2S. The van der Waals surface area contributed by atoms with Gasteiger partial charge in [-0.05, 0) is 30.0 Å². The molecule has 0 saturated carbocycles. The molecule has 1 N–H and O–H groups in total. The Balaban J connectivity index is 1.82. The fourth-order valence-electron chi connectivity index (χ4n) is 3.03. The van der Waals surface area contributed by atoms with E-state index in [1.54, 1.807) is 11.1 Å². The van der Waals surface area contributed by atoms with Crippen LogP contribution in [0.5, 0.6) is 5.75 Å². The second kappa shape index (κ2) is 7.28. The molecule has 7 heteroatoms. The summed E-state index contributed by atoms with van der Waals surface area (Å²) in [6.07, 6.45) is 3.16. The minimum atomic E-state index is -0.420. The summed E-state index contributed by atoms with van der Waals surface area (Å²) >= 11 is 1.39. The quantitative estimate of drug-likeness (QED) is 0.824. The number of ether oxygens (including phenoxy) is 1. The van der Waals surface area contributed by atoms with Crippen LogP contribution < -0.4 is 20.6 Å². The Kier molecular flexibility index (Phi) is 4.68. The number of para-hydroxylation sites is 1. The number of carbonyl (C=O) groups excluding carboxylic acids is 1. The van der Waals surface area contributed by atoms with Gasteiger partial charge in [0.15, 0.2) is 11.3 Å². The molecule has 0 radical (unpaired) electrons. The summed E-state index contributed by atoms with van der Waals surface area (Å²) in [6, 6.07) is 15.3. The number of carbonyl (C=O) groups is 1. The zero-order chi connectivity index (χ0) is 18.8. The van der Waals surface area contributed by atoms with Crippen molar-refractivity contribution in [1.82, 2.24) is 10.3 Å². The van der Waals surface area contributed by atoms with Gasteiger partial charge in [0.25, 0.3) is 5.91 Å². The molecule has 4 rings (SSSR count). The van der Waals surface area contributed by atoms with Gasteiger partial charge in [0, 0.05) is 5.22 Å². The molecule has 2 aliphatic heterocycles. The number of thioether (sulfide) groups is 1. The lowest BCUT2D eigenvalue weighted by molar-refractivity contribution is -0.116. The Morgan fingerprint density at radius 2 is 2.04 bits per heavy atom. The van der Waals surface area contributed by atoms with Crippen molar-refractivity contribution in [2.45, 2.75) is 6.17 Å². The first-order valence-corrected chi connectivity index (χ1v) is 9.68. The molecule has 0 bridgehead atoms. The molecule has 2 aliphatic rings. The second-order valence-electron chi connectivity index (χ2n) is 5.95. The van der Waals surface area contributed by atoms with Gasteiger partial charge >= 0.3 is 0 Å². The molecule has 0 unspecified atom stereocenters. The predicted octanol–water partition coefficient (Wildman–Crippen LogP) is 1.76. The Morgan fingerprint density at radius 1 is 1.26 bits per heavy atom. The van der Waals surface area contributed by atoms with Gasteiger partial charge in [0.1, 0.15) is 18.1 Å². The van der Waals surface area contributed by atoms with Crippen LogP contribution in [0.3, 0.4) is 0 Å². The van der Waals surface area contributed by atoms with E-state index in [0.717, 1.165) is 21.9 Å². The average molecular weight is 378 g/mol. The van der Waals surface area contributed by atoms with Gasteiger partial charge in [-0.3, -0.25) is 15.1 Å². The molecule has 2 aromatic carbocycles. The number of nitrogens with one attached hydrogen (secondary N) is 1. The number of hydrazone groups is 1. The van der Waals surface area contributed by atoms with E-state index < -0.39 is 6.17 Å². The van der Waals surface area contributed by atoms with Gasteiger partial charge in [-0.1, -0.05) is 54.7 Å². The molecule has 136 valence electrons. The number of fused-ring (bicyclic) bond motifs is 2. The van der Waals surface area contributed by atoms with Crippen LogP contribution in [0, 0.1) is 0 Å². The first kappa shape index (κ1) is 17.4. The second-order valence-corrected chi connectivity index (χ2v) is 6.74. The number of rotatable bonds is 4. The van der Waals surface area contributed by atoms with Crippen LogP contribution in [0.1, 0.15) is 11.7 Å². The van der Waals surface area contributed by atoms with Gasteiger partial charge in [0.05, 0.1) is 5.36 Å². The Morgan fingerprint density at radius 3 is 2.78 bits per heavy atom. The molecule has 1 atom stereocenters. The maximum absolute atomic E-state index is 12.8. The number of nitrogens with zero attached hydrogens (tertiary/aromatic N) is 3. The maximum atomic E-state index is 12.8. The van der Waals surface area contributed by atoms with E-state index in [1.807, 2.05) is 54.8 Å². The number of amidine groups is 1. The lowest BCUT2D eigenvalue weighted by Crippen LogP contribution is -2.50. The van der Waals surface area contributed by atoms with Crippen molar-refractivity contribution < 1.29 is 9.53 Å². The van der Waals surface area contributed by atoms with Crippen molar-refractivity contribution in [3.8, 4) is 5.75 Å². The summed E-state index contributed by atoms with van der Waals surface area (Å²) in [5.74, 6) is 0.580. The summed E-state index contributed by atoms with van der Waals surface area (Å²) in [5, 5.41) is 11.2. The van der Waals surface area contributed by atoms with Crippen LogP contribution in [0.4, 0.5) is 0 Å². The molecule has 0 saturated heterocycles. The molecule has 0 aliphatic carbocycles. The lowest BCUT2D eigenvalue weighted by atomic mass is 10.1. The van der Waals surface area contributed by atoms with E-state index in [2.05, 4.69) is 17.0 Å². The monoisotopic (exact) mass is 378 g/mol. The van der Waals surface area contributed by atoms with E-state index >= 15 is 0 Å². The smallest absolute Gasteiger partial charge is 0.276 e. The van der Waals surface area contributed by atoms with Crippen molar-refractivity contribution in [2.75, 3.05) is 12.9 Å². The standard InChI is InChI=1S/C20H18N4O2S/c1-3-12-26-14-10-8-13(9-11-14)18-21-16-7-5-4-6-15(16)17-19(25)22-20(27-2)23-24(17)18/h3-11,18H,1,12H2,2H3,(H,22,23,25)/t18-/m1/s1. The van der Waals surface area contributed by atoms with E-state index in [9.17, 15) is 4.79 Å². The zero-order valence-corrected chi connectivity index (χ0v) is 15.6. The molecule has 0 aromatic heterocycles. The molecule has 0 fully saturated rings. The Bertz CT molecular complexity index is 1050. The summed E-state index contributed by atoms with van der Waals surface area (Å²) in [6.45, 7) is 4.10. The first-order chi connectivity index (χ1) is 13.2. The van der Waals surface area contributed by atoms with Crippen LogP contribution in [-0.4, -0.2) is 28.9 Å². The van der Waals surface area contributed by atoms with Gasteiger partial charge in [0.2, 0.25) is 0 Å². The largest absolute Gasteiger partial charge is 0.490 e. The van der Waals surface area contributed by atoms with E-state index in [0.29, 0.717) is 17.5 Å². The van der Waals surface area contributed by atoms with Crippen molar-refractivity contribution in [2.24, 2.45) is 10.1 Å². The fraction of sp³-hybridized carbons (Fsp3) is 0.150. The highest BCUT2D eigenvalue weighted by Gasteiger charge is 2.34. The lowest BCUT2D eigenvalue weighted by Gasteiger charge is -2.33. The summed E-state index contributed by atoms with van der Waals surface area (Å²) in [4.78, 5) is 17.6. The van der Waals surface area contributed by atoms with Crippen LogP contribution in [0.15, 0.2) is 71.3 Å². The number of benzene rings is 2.